The van der Waals surface area contributed by atoms with Crippen molar-refractivity contribution < 1.29 is 112 Å². The average molecular weight is 1200 g/mol. The first-order valence-electron chi connectivity index (χ1n) is 19.3. The van der Waals surface area contributed by atoms with Crippen molar-refractivity contribution in [2.45, 2.75) is 31.5 Å². The Morgan fingerprint density at radius 2 is 0.559 bits per heavy atom. The number of aldehydes is 2. The molecule has 23 heteroatoms. The molecule has 0 amide bonds. The summed E-state index contributed by atoms with van der Waals surface area (Å²) in [4.78, 5) is 21.9. The maximum absolute atomic E-state index is 10.9. The minimum atomic E-state index is -10.7. The molecular weight excluding hydrogens is 1160 g/mol. The minimum Gasteiger partial charge on any atom is -1.00 e. The number of benzene rings is 3. The Balaban J connectivity index is 0.000000669. The summed E-state index contributed by atoms with van der Waals surface area (Å²) in [5.41, 5.74) is 12.2. The fourth-order valence-electron chi connectivity index (χ4n) is 6.37. The Labute approximate surface area is 411 Å². The topological polar surface area (TPSA) is 49.7 Å². The van der Waals surface area contributed by atoms with Crippen LogP contribution in [0.1, 0.15) is 48.5 Å². The van der Waals surface area contributed by atoms with Crippen LogP contribution in [-0.2, 0) is 31.5 Å². The van der Waals surface area contributed by atoms with Crippen LogP contribution in [0, 0.1) is 0 Å². The van der Waals surface area contributed by atoms with Crippen LogP contribution in [0.4, 0.5) is 50.4 Å². The molecule has 0 spiro atoms. The van der Waals surface area contributed by atoms with Gasteiger partial charge in [-0.05, 0) is 46.0 Å². The zero-order valence-corrected chi connectivity index (χ0v) is 41.5. The molecule has 6 nitrogen and oxygen atoms in total. The summed E-state index contributed by atoms with van der Waals surface area (Å²) >= 11 is 3.68. The number of carbonyl (C=O) groups excluding carboxylic acids is 2. The van der Waals surface area contributed by atoms with Crippen molar-refractivity contribution in [1.82, 2.24) is 0 Å². The predicted molar refractivity (Wildman–Crippen MR) is 231 cm³/mol. The second-order valence-electron chi connectivity index (χ2n) is 15.0. The second-order valence-corrected chi connectivity index (χ2v) is 19.4. The Kier molecular flexibility index (Phi) is 18.0. The van der Waals surface area contributed by atoms with E-state index in [1.54, 1.807) is 0 Å². The van der Waals surface area contributed by atoms with Crippen LogP contribution in [0.15, 0.2) is 165 Å². The quantitative estimate of drug-likeness (QED) is 0.0392. The smallest absolute Gasteiger partial charge is 0.173 e. The van der Waals surface area contributed by atoms with E-state index < -0.39 is 15.6 Å². The first-order valence-corrected chi connectivity index (χ1v) is 24.5. The Bertz CT molecular complexity index is 2570. The molecule has 0 aliphatic carbocycles. The second kappa shape index (κ2) is 21.4. The van der Waals surface area contributed by atoms with Gasteiger partial charge in [-0.1, -0.05) is 64.5 Å². The third-order valence-corrected chi connectivity index (χ3v) is 9.84. The van der Waals surface area contributed by atoms with Crippen molar-refractivity contribution in [2.75, 3.05) is 0 Å². The summed E-state index contributed by atoms with van der Waals surface area (Å²) in [5.74, 6) is 0. The summed E-state index contributed by atoms with van der Waals surface area (Å²) in [6.07, 6.45) is 18.7. The van der Waals surface area contributed by atoms with E-state index >= 15 is 0 Å². The normalized spacial score (nSPS) is 13.1. The molecular formula is C45H39Br3F12N4O2P2. The molecule has 0 N–H and O–H groups in total. The van der Waals surface area contributed by atoms with E-state index in [1.165, 1.54) is 38.9 Å². The summed E-state index contributed by atoms with van der Waals surface area (Å²) in [6, 6.07) is 39.5. The SMILES string of the molecule is F[P-](F)(F)(F)(F)F.F[P-](F)(F)(F)(F)F.O=Cc1ccc(C[n+]2ccc(-c3cc[n+](Cc4cc(CBr)cc(C[n+]5ccc(-c6cc[n+](Cc7ccc(C=O)cc7)cc6)cc5)c4)cc3)cc2)cc1.[Br-].[Br-]. The Hall–Kier alpha value is -4.94. The van der Waals surface area contributed by atoms with E-state index in [-0.39, 0.29) is 34.0 Å². The minimum absolute atomic E-state index is 0. The van der Waals surface area contributed by atoms with E-state index in [0.717, 1.165) is 55.2 Å². The third-order valence-electron chi connectivity index (χ3n) is 9.19. The molecule has 7 aromatic rings. The number of carbonyl (C=O) groups is 2. The molecule has 0 aliphatic rings. The monoisotopic (exact) mass is 1190 g/mol. The molecule has 0 radical (unpaired) electrons. The van der Waals surface area contributed by atoms with Gasteiger partial charge in [0.2, 0.25) is 0 Å². The van der Waals surface area contributed by atoms with Crippen molar-refractivity contribution in [1.29, 1.82) is 0 Å². The van der Waals surface area contributed by atoms with E-state index in [9.17, 15) is 60.0 Å². The van der Waals surface area contributed by atoms with Crippen molar-refractivity contribution >= 4 is 44.1 Å². The van der Waals surface area contributed by atoms with Gasteiger partial charge in [0.05, 0.1) is 0 Å². The number of alkyl halides is 1. The molecule has 3 aromatic carbocycles. The molecule has 0 saturated carbocycles. The van der Waals surface area contributed by atoms with Crippen molar-refractivity contribution in [2.24, 2.45) is 0 Å². The molecule has 0 bridgehead atoms. The summed E-state index contributed by atoms with van der Waals surface area (Å²) in [6.45, 7) is 3.08. The maximum Gasteiger partial charge on any atom is 0.173 e. The van der Waals surface area contributed by atoms with Crippen molar-refractivity contribution in [3.63, 3.8) is 0 Å². The fraction of sp³-hybridized carbons (Fsp3) is 0.111. The summed E-state index contributed by atoms with van der Waals surface area (Å²) in [7, 11) is -21.3. The van der Waals surface area contributed by atoms with Gasteiger partial charge in [0.1, 0.15) is 12.6 Å². The summed E-state index contributed by atoms with van der Waals surface area (Å²) < 4.78 is 127. The van der Waals surface area contributed by atoms with Crippen molar-refractivity contribution in [3.8, 4) is 22.3 Å². The van der Waals surface area contributed by atoms with Gasteiger partial charge in [0.25, 0.3) is 0 Å². The molecule has 4 aromatic heterocycles. The predicted octanol–water partition coefficient (Wildman–Crippen LogP) is 7.66. The maximum atomic E-state index is 10.9. The van der Waals surface area contributed by atoms with Gasteiger partial charge in [-0.2, -0.15) is 0 Å². The van der Waals surface area contributed by atoms with E-state index in [2.05, 4.69) is 151 Å². The standard InChI is InChI=1S/C45H39BrN4O2.2BrH.2F6P/c46-28-39-25-40(31-49-21-13-44(14-22-49)42-9-17-47(18-10-42)29-35-1-5-37(33-51)6-2-35)27-41(26-39)32-50-23-15-45(16-24-50)43-11-19-48(20-12-43)30-36-3-7-38(34-52)8-4-36;;;2*1-7(2,3,4,5)6/h1-27,33-34H,28-32H2;2*1H;;/q+4;;;2*-1/p-2. The van der Waals surface area contributed by atoms with Gasteiger partial charge in [0.15, 0.2) is 75.8 Å². The fourth-order valence-corrected chi connectivity index (χ4v) is 6.69. The first-order chi connectivity index (χ1) is 30.4. The van der Waals surface area contributed by atoms with Crippen LogP contribution < -0.4 is 52.2 Å². The molecule has 0 saturated heterocycles. The molecule has 366 valence electrons. The van der Waals surface area contributed by atoms with E-state index in [1.807, 2.05) is 48.5 Å². The van der Waals surface area contributed by atoms with Gasteiger partial charge < -0.3 is 34.0 Å². The molecule has 7 rings (SSSR count). The summed E-state index contributed by atoms with van der Waals surface area (Å²) in [5, 5.41) is 0.803. The van der Waals surface area contributed by atoms with E-state index in [0.29, 0.717) is 11.1 Å². The van der Waals surface area contributed by atoms with Crippen molar-refractivity contribution in [3.05, 3.63) is 204 Å². The molecule has 0 unspecified atom stereocenters. The van der Waals surface area contributed by atoms with Gasteiger partial charge >= 0.3 is 66.0 Å². The van der Waals surface area contributed by atoms with Crippen LogP contribution in [0.5, 0.6) is 0 Å². The Morgan fingerprint density at radius 3 is 0.765 bits per heavy atom. The van der Waals surface area contributed by atoms with Gasteiger partial charge in [-0.25, -0.2) is 18.3 Å². The molecule has 0 atom stereocenters. The molecule has 0 aliphatic heterocycles. The number of nitrogens with zero attached hydrogens (tertiary/aromatic N) is 4. The van der Waals surface area contributed by atoms with Gasteiger partial charge in [0, 0.05) is 87.2 Å². The average Bonchev–Trinajstić information content (AvgIpc) is 3.23. The number of halogens is 15. The zero-order chi connectivity index (χ0) is 48.5. The number of pyridine rings is 4. The first kappa shape index (κ1) is 57.4. The number of hydrogen-bond donors (Lipinski definition) is 0. The van der Waals surface area contributed by atoms with Crippen LogP contribution in [0.2, 0.25) is 0 Å². The zero-order valence-electron chi connectivity index (χ0n) is 34.9. The number of rotatable bonds is 13. The Morgan fingerprint density at radius 1 is 0.353 bits per heavy atom. The number of aromatic nitrogens is 4. The third kappa shape index (κ3) is 23.4. The number of hydrogen-bond acceptors (Lipinski definition) is 2. The van der Waals surface area contributed by atoms with Gasteiger partial charge in [-0.3, -0.25) is 9.59 Å². The van der Waals surface area contributed by atoms with Crippen LogP contribution in [0.25, 0.3) is 22.3 Å². The molecule has 4 heterocycles. The van der Waals surface area contributed by atoms with Crippen LogP contribution in [-0.4, -0.2) is 12.6 Å². The van der Waals surface area contributed by atoms with Crippen LogP contribution >= 0.6 is 31.5 Å². The molecule has 0 fully saturated rings. The molecule has 68 heavy (non-hydrogen) atoms. The van der Waals surface area contributed by atoms with Crippen LogP contribution in [0.3, 0.4) is 0 Å². The van der Waals surface area contributed by atoms with Gasteiger partial charge in [-0.15, -0.1) is 0 Å². The largest absolute Gasteiger partial charge is 1.00 e. The van der Waals surface area contributed by atoms with E-state index in [4.69, 9.17) is 0 Å².